The van der Waals surface area contributed by atoms with Gasteiger partial charge >= 0.3 is 0 Å². The summed E-state index contributed by atoms with van der Waals surface area (Å²) in [5.74, 6) is 0. The summed E-state index contributed by atoms with van der Waals surface area (Å²) >= 11 is 1.76. The molecule has 2 aromatic heterocycles. The SMILES string of the molecule is CCc1cnc(-c2cc(C)nc(C)c2)s1. The van der Waals surface area contributed by atoms with Gasteiger partial charge in [-0.25, -0.2) is 4.98 Å². The van der Waals surface area contributed by atoms with Crippen molar-refractivity contribution in [2.24, 2.45) is 0 Å². The lowest BCUT2D eigenvalue weighted by Gasteiger charge is -2.00. The van der Waals surface area contributed by atoms with Crippen LogP contribution in [0, 0.1) is 13.8 Å². The van der Waals surface area contributed by atoms with Crippen LogP contribution >= 0.6 is 11.3 Å². The predicted octanol–water partition coefficient (Wildman–Crippen LogP) is 3.38. The van der Waals surface area contributed by atoms with Crippen LogP contribution in [0.5, 0.6) is 0 Å². The first-order valence-corrected chi connectivity index (χ1v) is 5.91. The molecule has 0 N–H and O–H groups in total. The third-order valence-corrected chi connectivity index (χ3v) is 3.42. The third-order valence-electron chi connectivity index (χ3n) is 2.23. The molecule has 2 aromatic rings. The van der Waals surface area contributed by atoms with E-state index >= 15 is 0 Å². The minimum Gasteiger partial charge on any atom is -0.258 e. The molecule has 3 heteroatoms. The number of thiazole rings is 1. The molecule has 78 valence electrons. The quantitative estimate of drug-likeness (QED) is 0.772. The second-order valence-electron chi connectivity index (χ2n) is 3.62. The minimum absolute atomic E-state index is 1.05. The number of aromatic nitrogens is 2. The average Bonchev–Trinajstić information content (AvgIpc) is 2.64. The Labute approximate surface area is 94.0 Å². The summed E-state index contributed by atoms with van der Waals surface area (Å²) in [5.41, 5.74) is 3.29. The largest absolute Gasteiger partial charge is 0.258 e. The van der Waals surface area contributed by atoms with Crippen LogP contribution in [0.4, 0.5) is 0 Å². The summed E-state index contributed by atoms with van der Waals surface area (Å²) in [6, 6.07) is 4.18. The van der Waals surface area contributed by atoms with Crippen molar-refractivity contribution in [3.8, 4) is 10.6 Å². The molecule has 0 unspecified atom stereocenters. The van der Waals surface area contributed by atoms with E-state index in [9.17, 15) is 0 Å². The zero-order valence-corrected chi connectivity index (χ0v) is 10.1. The van der Waals surface area contributed by atoms with Crippen molar-refractivity contribution in [3.05, 3.63) is 34.6 Å². The van der Waals surface area contributed by atoms with Gasteiger partial charge in [0.15, 0.2) is 0 Å². The van der Waals surface area contributed by atoms with Crippen molar-refractivity contribution in [2.45, 2.75) is 27.2 Å². The van der Waals surface area contributed by atoms with E-state index in [0.717, 1.165) is 22.8 Å². The molecule has 2 nitrogen and oxygen atoms in total. The molecule has 0 amide bonds. The Kier molecular flexibility index (Phi) is 2.82. The van der Waals surface area contributed by atoms with Gasteiger partial charge in [-0.1, -0.05) is 6.92 Å². The molecule has 0 saturated carbocycles. The maximum Gasteiger partial charge on any atom is 0.123 e. The highest BCUT2D eigenvalue weighted by Crippen LogP contribution is 2.26. The highest BCUT2D eigenvalue weighted by molar-refractivity contribution is 7.15. The fraction of sp³-hybridized carbons (Fsp3) is 0.333. The molecule has 0 radical (unpaired) electrons. The van der Waals surface area contributed by atoms with Crippen LogP contribution in [0.3, 0.4) is 0 Å². The molecule has 0 fully saturated rings. The third kappa shape index (κ3) is 2.23. The van der Waals surface area contributed by atoms with E-state index in [0.29, 0.717) is 0 Å². The first-order chi connectivity index (χ1) is 7.19. The minimum atomic E-state index is 1.05. The summed E-state index contributed by atoms with van der Waals surface area (Å²) in [6.07, 6.45) is 3.02. The average molecular weight is 218 g/mol. The Hall–Kier alpha value is -1.22. The van der Waals surface area contributed by atoms with Crippen molar-refractivity contribution in [3.63, 3.8) is 0 Å². The second kappa shape index (κ2) is 4.11. The van der Waals surface area contributed by atoms with Crippen molar-refractivity contribution >= 4 is 11.3 Å². The van der Waals surface area contributed by atoms with Gasteiger partial charge < -0.3 is 0 Å². The molecule has 2 heterocycles. The van der Waals surface area contributed by atoms with Crippen LogP contribution < -0.4 is 0 Å². The van der Waals surface area contributed by atoms with Gasteiger partial charge in [-0.3, -0.25) is 4.98 Å². The van der Waals surface area contributed by atoms with Crippen LogP contribution in [-0.4, -0.2) is 9.97 Å². The Morgan fingerprint density at radius 2 is 1.87 bits per heavy atom. The van der Waals surface area contributed by atoms with E-state index in [2.05, 4.69) is 29.0 Å². The van der Waals surface area contributed by atoms with Crippen molar-refractivity contribution in [2.75, 3.05) is 0 Å². The lowest BCUT2D eigenvalue weighted by atomic mass is 10.2. The van der Waals surface area contributed by atoms with Crippen LogP contribution in [0.15, 0.2) is 18.3 Å². The van der Waals surface area contributed by atoms with Crippen LogP contribution in [0.25, 0.3) is 10.6 Å². The van der Waals surface area contributed by atoms with Gasteiger partial charge in [0.2, 0.25) is 0 Å². The number of pyridine rings is 1. The Bertz CT molecular complexity index is 454. The number of hydrogen-bond donors (Lipinski definition) is 0. The summed E-state index contributed by atoms with van der Waals surface area (Å²) in [5, 5.41) is 1.10. The second-order valence-corrected chi connectivity index (χ2v) is 4.74. The van der Waals surface area contributed by atoms with E-state index in [1.165, 1.54) is 10.4 Å². The molecule has 15 heavy (non-hydrogen) atoms. The van der Waals surface area contributed by atoms with E-state index in [4.69, 9.17) is 0 Å². The van der Waals surface area contributed by atoms with Gasteiger partial charge in [-0.05, 0) is 32.4 Å². The Morgan fingerprint density at radius 3 is 2.40 bits per heavy atom. The lowest BCUT2D eigenvalue weighted by molar-refractivity contribution is 1.12. The first-order valence-electron chi connectivity index (χ1n) is 5.09. The molecule has 0 aromatic carbocycles. The Morgan fingerprint density at radius 1 is 1.20 bits per heavy atom. The van der Waals surface area contributed by atoms with Gasteiger partial charge in [-0.15, -0.1) is 11.3 Å². The van der Waals surface area contributed by atoms with E-state index in [1.807, 2.05) is 20.0 Å². The Balaban J connectivity index is 2.44. The topological polar surface area (TPSA) is 25.8 Å². The molecule has 0 bridgehead atoms. The lowest BCUT2D eigenvalue weighted by Crippen LogP contribution is -1.87. The van der Waals surface area contributed by atoms with E-state index in [-0.39, 0.29) is 0 Å². The maximum atomic E-state index is 4.43. The van der Waals surface area contributed by atoms with Gasteiger partial charge in [0.25, 0.3) is 0 Å². The molecule has 0 aliphatic rings. The summed E-state index contributed by atoms with van der Waals surface area (Å²) in [4.78, 5) is 10.1. The number of rotatable bonds is 2. The molecule has 0 atom stereocenters. The zero-order chi connectivity index (χ0) is 10.8. The fourth-order valence-corrected chi connectivity index (χ4v) is 2.40. The summed E-state index contributed by atoms with van der Waals surface area (Å²) < 4.78 is 0. The predicted molar refractivity (Wildman–Crippen MR) is 64.2 cm³/mol. The maximum absolute atomic E-state index is 4.43. The molecule has 0 aliphatic carbocycles. The molecule has 2 rings (SSSR count). The van der Waals surface area contributed by atoms with E-state index < -0.39 is 0 Å². The van der Waals surface area contributed by atoms with Gasteiger partial charge in [0.05, 0.1) is 0 Å². The fourth-order valence-electron chi connectivity index (χ4n) is 1.56. The van der Waals surface area contributed by atoms with Crippen LogP contribution in [0.2, 0.25) is 0 Å². The molecule has 0 saturated heterocycles. The molecular weight excluding hydrogens is 204 g/mol. The number of hydrogen-bond acceptors (Lipinski definition) is 3. The first kappa shape index (κ1) is 10.3. The van der Waals surface area contributed by atoms with Gasteiger partial charge in [0, 0.05) is 28.0 Å². The van der Waals surface area contributed by atoms with Gasteiger partial charge in [-0.2, -0.15) is 0 Å². The summed E-state index contributed by atoms with van der Waals surface area (Å²) in [7, 11) is 0. The van der Waals surface area contributed by atoms with Gasteiger partial charge in [0.1, 0.15) is 5.01 Å². The van der Waals surface area contributed by atoms with Crippen molar-refractivity contribution in [1.82, 2.24) is 9.97 Å². The molecular formula is C12H14N2S. The monoisotopic (exact) mass is 218 g/mol. The zero-order valence-electron chi connectivity index (χ0n) is 9.24. The smallest absolute Gasteiger partial charge is 0.123 e. The van der Waals surface area contributed by atoms with Crippen LogP contribution in [-0.2, 0) is 6.42 Å². The van der Waals surface area contributed by atoms with Crippen LogP contribution in [0.1, 0.15) is 23.2 Å². The van der Waals surface area contributed by atoms with Crippen molar-refractivity contribution in [1.29, 1.82) is 0 Å². The molecule has 0 aliphatic heterocycles. The van der Waals surface area contributed by atoms with E-state index in [1.54, 1.807) is 11.3 Å². The molecule has 0 spiro atoms. The number of nitrogens with zero attached hydrogens (tertiary/aromatic N) is 2. The highest BCUT2D eigenvalue weighted by Gasteiger charge is 2.05. The standard InChI is InChI=1S/C12H14N2S/c1-4-11-7-13-12(15-11)10-5-8(2)14-9(3)6-10/h5-7H,4H2,1-3H3. The number of aryl methyl sites for hydroxylation is 3. The summed E-state index contributed by atoms with van der Waals surface area (Å²) in [6.45, 7) is 6.19. The van der Waals surface area contributed by atoms with Crippen molar-refractivity contribution < 1.29 is 0 Å². The normalized spacial score (nSPS) is 10.6. The highest BCUT2D eigenvalue weighted by atomic mass is 32.1.